The molecule has 1 saturated carbocycles. The van der Waals surface area contributed by atoms with Gasteiger partial charge in [-0.25, -0.2) is 5.10 Å². The molecule has 6 heteroatoms. The Morgan fingerprint density at radius 1 is 1.42 bits per heavy atom. The zero-order valence-electron chi connectivity index (χ0n) is 11.4. The van der Waals surface area contributed by atoms with Crippen LogP contribution in [0.2, 0.25) is 0 Å². The molecule has 0 spiro atoms. The summed E-state index contributed by atoms with van der Waals surface area (Å²) in [7, 11) is 0. The van der Waals surface area contributed by atoms with Crippen molar-refractivity contribution in [1.82, 2.24) is 14.8 Å². The number of carbonyl (C=O) groups is 1. The van der Waals surface area contributed by atoms with Gasteiger partial charge in [0.25, 0.3) is 0 Å². The van der Waals surface area contributed by atoms with Crippen molar-refractivity contribution in [3.05, 3.63) is 4.77 Å². The Balaban J connectivity index is 2.07. The van der Waals surface area contributed by atoms with E-state index in [1.165, 1.54) is 6.42 Å². The fourth-order valence-electron chi connectivity index (χ4n) is 3.33. The number of nitrogens with one attached hydrogen (secondary N) is 1. The van der Waals surface area contributed by atoms with Crippen molar-refractivity contribution in [2.75, 3.05) is 11.4 Å². The van der Waals surface area contributed by atoms with Crippen molar-refractivity contribution in [2.24, 2.45) is 11.8 Å². The van der Waals surface area contributed by atoms with Gasteiger partial charge in [0, 0.05) is 6.54 Å². The highest BCUT2D eigenvalue weighted by Crippen LogP contribution is 2.41. The van der Waals surface area contributed by atoms with Crippen molar-refractivity contribution in [1.29, 1.82) is 0 Å². The van der Waals surface area contributed by atoms with Crippen molar-refractivity contribution in [3.8, 4) is 0 Å². The SMILES string of the molecule is CC(C)CN1C(=O)C2CCCCC2n2c1n[nH]c2=S. The Hall–Kier alpha value is -1.17. The molecule has 5 nitrogen and oxygen atoms in total. The third-order valence-corrected chi connectivity index (χ3v) is 4.41. The molecule has 19 heavy (non-hydrogen) atoms. The summed E-state index contributed by atoms with van der Waals surface area (Å²) < 4.78 is 2.72. The summed E-state index contributed by atoms with van der Waals surface area (Å²) in [4.78, 5) is 14.5. The number of aromatic nitrogens is 3. The van der Waals surface area contributed by atoms with Gasteiger partial charge in [-0.05, 0) is 31.0 Å². The maximum absolute atomic E-state index is 12.7. The Labute approximate surface area is 118 Å². The summed E-state index contributed by atoms with van der Waals surface area (Å²) in [5, 5.41) is 7.14. The number of H-pyrrole nitrogens is 1. The molecule has 1 aromatic rings. The average molecular weight is 280 g/mol. The first-order valence-corrected chi connectivity index (χ1v) is 7.48. The summed E-state index contributed by atoms with van der Waals surface area (Å²) in [5.74, 6) is 1.46. The first-order valence-electron chi connectivity index (χ1n) is 7.08. The Morgan fingerprint density at radius 2 is 2.16 bits per heavy atom. The Kier molecular flexibility index (Phi) is 3.20. The summed E-state index contributed by atoms with van der Waals surface area (Å²) in [6, 6.07) is 0.214. The molecule has 1 N–H and O–H groups in total. The van der Waals surface area contributed by atoms with Crippen molar-refractivity contribution in [3.63, 3.8) is 0 Å². The van der Waals surface area contributed by atoms with Crippen molar-refractivity contribution in [2.45, 2.75) is 45.6 Å². The zero-order valence-corrected chi connectivity index (χ0v) is 12.2. The van der Waals surface area contributed by atoms with Gasteiger partial charge < -0.3 is 0 Å². The normalized spacial score (nSPS) is 26.5. The molecule has 1 fully saturated rings. The number of amides is 1. The molecule has 2 unspecified atom stereocenters. The molecular weight excluding hydrogens is 260 g/mol. The molecule has 1 aliphatic heterocycles. The third-order valence-electron chi connectivity index (χ3n) is 4.12. The molecule has 104 valence electrons. The van der Waals surface area contributed by atoms with Crippen LogP contribution in [0.1, 0.15) is 45.6 Å². The highest BCUT2D eigenvalue weighted by Gasteiger charge is 2.42. The molecule has 2 heterocycles. The second kappa shape index (κ2) is 4.74. The number of carbonyl (C=O) groups excluding carboxylic acids is 1. The van der Waals surface area contributed by atoms with E-state index in [0.29, 0.717) is 23.2 Å². The van der Waals surface area contributed by atoms with Gasteiger partial charge >= 0.3 is 0 Å². The van der Waals surface area contributed by atoms with Gasteiger partial charge in [0.2, 0.25) is 11.9 Å². The monoisotopic (exact) mass is 280 g/mol. The van der Waals surface area contributed by atoms with E-state index in [9.17, 15) is 4.79 Å². The van der Waals surface area contributed by atoms with Crippen LogP contribution < -0.4 is 4.90 Å². The molecule has 0 saturated heterocycles. The van der Waals surface area contributed by atoms with Gasteiger partial charge in [-0.1, -0.05) is 26.7 Å². The fraction of sp³-hybridized carbons (Fsp3) is 0.769. The minimum Gasteiger partial charge on any atom is -0.282 e. The number of rotatable bonds is 2. The molecule has 0 radical (unpaired) electrons. The van der Waals surface area contributed by atoms with E-state index in [0.717, 1.165) is 19.3 Å². The van der Waals surface area contributed by atoms with E-state index in [1.54, 1.807) is 0 Å². The van der Waals surface area contributed by atoms with Crippen LogP contribution in [-0.4, -0.2) is 27.2 Å². The number of hydrogen-bond donors (Lipinski definition) is 1. The Bertz CT molecular complexity index is 547. The quantitative estimate of drug-likeness (QED) is 0.847. The van der Waals surface area contributed by atoms with Crippen LogP contribution in [-0.2, 0) is 4.79 Å². The zero-order chi connectivity index (χ0) is 13.6. The fourth-order valence-corrected chi connectivity index (χ4v) is 3.59. The topological polar surface area (TPSA) is 53.9 Å². The molecule has 1 aliphatic carbocycles. The molecule has 0 aromatic carbocycles. The van der Waals surface area contributed by atoms with Gasteiger partial charge in [0.15, 0.2) is 4.77 Å². The Morgan fingerprint density at radius 3 is 2.89 bits per heavy atom. The summed E-state index contributed by atoms with van der Waals surface area (Å²) >= 11 is 5.35. The van der Waals surface area contributed by atoms with Gasteiger partial charge in [-0.3, -0.25) is 14.3 Å². The summed E-state index contributed by atoms with van der Waals surface area (Å²) in [6.07, 6.45) is 4.32. The third kappa shape index (κ3) is 2.02. The van der Waals surface area contributed by atoms with Crippen LogP contribution in [0.25, 0.3) is 0 Å². The van der Waals surface area contributed by atoms with E-state index in [1.807, 2.05) is 4.90 Å². The molecule has 1 aromatic heterocycles. The lowest BCUT2D eigenvalue weighted by Gasteiger charge is -2.40. The van der Waals surface area contributed by atoms with E-state index < -0.39 is 0 Å². The molecule has 2 atom stereocenters. The number of fused-ring (bicyclic) bond motifs is 3. The van der Waals surface area contributed by atoms with Crippen molar-refractivity contribution >= 4 is 24.1 Å². The van der Waals surface area contributed by atoms with Crippen molar-refractivity contribution < 1.29 is 4.79 Å². The minimum atomic E-state index is 0.0873. The first-order chi connectivity index (χ1) is 9.09. The highest BCUT2D eigenvalue weighted by atomic mass is 32.1. The number of hydrogen-bond acceptors (Lipinski definition) is 3. The van der Waals surface area contributed by atoms with E-state index in [-0.39, 0.29) is 17.9 Å². The smallest absolute Gasteiger partial charge is 0.234 e. The minimum absolute atomic E-state index is 0.0873. The molecular formula is C13H20N4OS. The molecule has 3 rings (SSSR count). The van der Waals surface area contributed by atoms with E-state index in [2.05, 4.69) is 28.6 Å². The average Bonchev–Trinajstić information content (AvgIpc) is 2.76. The second-order valence-corrected chi connectivity index (χ2v) is 6.39. The summed E-state index contributed by atoms with van der Waals surface area (Å²) in [5.41, 5.74) is 0. The predicted octanol–water partition coefficient (Wildman–Crippen LogP) is 2.67. The largest absolute Gasteiger partial charge is 0.282 e. The van der Waals surface area contributed by atoms with Gasteiger partial charge in [0.05, 0.1) is 12.0 Å². The molecule has 2 aliphatic rings. The maximum Gasteiger partial charge on any atom is 0.234 e. The molecule has 1 amide bonds. The first kappa shape index (κ1) is 12.8. The maximum atomic E-state index is 12.7. The van der Waals surface area contributed by atoms with Crippen LogP contribution >= 0.6 is 12.2 Å². The number of nitrogens with zero attached hydrogens (tertiary/aromatic N) is 3. The van der Waals surface area contributed by atoms with Gasteiger partial charge in [-0.2, -0.15) is 0 Å². The van der Waals surface area contributed by atoms with Crippen LogP contribution in [0.15, 0.2) is 0 Å². The van der Waals surface area contributed by atoms with E-state index in [4.69, 9.17) is 12.2 Å². The van der Waals surface area contributed by atoms with E-state index >= 15 is 0 Å². The lowest BCUT2D eigenvalue weighted by molar-refractivity contribution is -0.126. The lowest BCUT2D eigenvalue weighted by Crippen LogP contribution is -2.48. The lowest BCUT2D eigenvalue weighted by atomic mass is 9.82. The van der Waals surface area contributed by atoms with Crippen LogP contribution in [0.4, 0.5) is 5.95 Å². The predicted molar refractivity (Wildman–Crippen MR) is 75.6 cm³/mol. The number of anilines is 1. The highest BCUT2D eigenvalue weighted by molar-refractivity contribution is 7.71. The van der Waals surface area contributed by atoms with Crippen LogP contribution in [0.3, 0.4) is 0 Å². The number of aromatic amines is 1. The second-order valence-electron chi connectivity index (χ2n) is 6.00. The van der Waals surface area contributed by atoms with Gasteiger partial charge in [-0.15, -0.1) is 5.10 Å². The van der Waals surface area contributed by atoms with Crippen LogP contribution in [0, 0.1) is 16.6 Å². The summed E-state index contributed by atoms with van der Waals surface area (Å²) in [6.45, 7) is 4.94. The molecule has 0 bridgehead atoms. The van der Waals surface area contributed by atoms with Gasteiger partial charge in [0.1, 0.15) is 0 Å². The standard InChI is InChI=1S/C13H20N4OS/c1-8(2)7-16-11(18)9-5-3-4-6-10(9)17-12(16)14-15-13(17)19/h8-10H,3-7H2,1-2H3,(H,15,19). The van der Waals surface area contributed by atoms with Crippen LogP contribution in [0.5, 0.6) is 0 Å².